The summed E-state index contributed by atoms with van der Waals surface area (Å²) in [7, 11) is 0. The van der Waals surface area contributed by atoms with Gasteiger partial charge in [0.1, 0.15) is 0 Å². The van der Waals surface area contributed by atoms with Gasteiger partial charge in [-0.3, -0.25) is 9.59 Å². The van der Waals surface area contributed by atoms with Crippen LogP contribution in [0.15, 0.2) is 15.9 Å². The molecule has 0 aliphatic carbocycles. The van der Waals surface area contributed by atoms with Gasteiger partial charge in [0, 0.05) is 44.0 Å². The molecule has 1 N–H and O–H groups in total. The molecule has 2 heterocycles. The van der Waals surface area contributed by atoms with E-state index in [2.05, 4.69) is 34.2 Å². The molecule has 2 rings (SSSR count). The van der Waals surface area contributed by atoms with Crippen LogP contribution in [0.1, 0.15) is 24.8 Å². The Morgan fingerprint density at radius 3 is 2.43 bits per heavy atom. The molecule has 0 radical (unpaired) electrons. The molecular formula is C14H20BrN3O2S. The molecule has 0 saturated carbocycles. The predicted octanol–water partition coefficient (Wildman–Crippen LogP) is 1.85. The van der Waals surface area contributed by atoms with Gasteiger partial charge < -0.3 is 15.1 Å². The molecule has 1 aliphatic heterocycles. The Bertz CT molecular complexity index is 512. The molecule has 1 saturated heterocycles. The van der Waals surface area contributed by atoms with Gasteiger partial charge in [-0.05, 0) is 35.0 Å². The largest absolute Gasteiger partial charge is 0.339 e. The van der Waals surface area contributed by atoms with E-state index in [1.807, 2.05) is 11.0 Å². The van der Waals surface area contributed by atoms with E-state index in [1.54, 1.807) is 23.2 Å². The second-order valence-corrected chi connectivity index (χ2v) is 7.63. The zero-order valence-corrected chi connectivity index (χ0v) is 14.7. The van der Waals surface area contributed by atoms with Crippen LogP contribution in [0.2, 0.25) is 0 Å². The van der Waals surface area contributed by atoms with Gasteiger partial charge in [-0.25, -0.2) is 0 Å². The van der Waals surface area contributed by atoms with E-state index in [0.29, 0.717) is 32.7 Å². The molecule has 5 nitrogen and oxygen atoms in total. The summed E-state index contributed by atoms with van der Waals surface area (Å²) < 4.78 is 1.10. The van der Waals surface area contributed by atoms with Crippen molar-refractivity contribution >= 4 is 39.1 Å². The number of nitrogens with zero attached hydrogens (tertiary/aromatic N) is 2. The molecular weight excluding hydrogens is 354 g/mol. The summed E-state index contributed by atoms with van der Waals surface area (Å²) in [6.45, 7) is 6.47. The number of hydrogen-bond donors (Lipinski definition) is 1. The van der Waals surface area contributed by atoms with Crippen molar-refractivity contribution in [1.29, 1.82) is 0 Å². The van der Waals surface area contributed by atoms with Crippen molar-refractivity contribution in [3.8, 4) is 0 Å². The minimum absolute atomic E-state index is 0.0807. The molecule has 1 atom stereocenters. The number of nitrogens with one attached hydrogen (secondary N) is 1. The molecule has 0 aromatic carbocycles. The van der Waals surface area contributed by atoms with Crippen molar-refractivity contribution in [3.63, 3.8) is 0 Å². The van der Waals surface area contributed by atoms with Gasteiger partial charge in [0.2, 0.25) is 11.8 Å². The molecule has 0 unspecified atom stereocenters. The van der Waals surface area contributed by atoms with Crippen LogP contribution in [0.3, 0.4) is 0 Å². The van der Waals surface area contributed by atoms with Gasteiger partial charge in [0.05, 0.1) is 10.3 Å². The van der Waals surface area contributed by atoms with E-state index in [4.69, 9.17) is 0 Å². The number of amides is 2. The first-order chi connectivity index (χ1) is 9.97. The van der Waals surface area contributed by atoms with Crippen molar-refractivity contribution in [2.45, 2.75) is 19.9 Å². The summed E-state index contributed by atoms with van der Waals surface area (Å²) in [5.41, 5.74) is 0. The summed E-state index contributed by atoms with van der Waals surface area (Å²) >= 11 is 5.12. The average Bonchev–Trinajstić information content (AvgIpc) is 2.91. The molecule has 1 aromatic rings. The summed E-state index contributed by atoms with van der Waals surface area (Å²) in [6, 6.07) is 4.23. The fraction of sp³-hybridized carbons (Fsp3) is 0.571. The highest BCUT2D eigenvalue weighted by atomic mass is 79.9. The lowest BCUT2D eigenvalue weighted by atomic mass is 10.2. The molecule has 2 amide bonds. The van der Waals surface area contributed by atoms with Crippen LogP contribution < -0.4 is 5.32 Å². The fourth-order valence-electron chi connectivity index (χ4n) is 2.28. The Kier molecular flexibility index (Phi) is 5.78. The van der Waals surface area contributed by atoms with Gasteiger partial charge in [-0.15, -0.1) is 11.3 Å². The van der Waals surface area contributed by atoms with Crippen molar-refractivity contribution in [2.75, 3.05) is 32.7 Å². The smallest absolute Gasteiger partial charge is 0.236 e. The maximum Gasteiger partial charge on any atom is 0.236 e. The lowest BCUT2D eigenvalue weighted by Crippen LogP contribution is -2.51. The first-order valence-corrected chi connectivity index (χ1v) is 8.60. The minimum Gasteiger partial charge on any atom is -0.339 e. The normalized spacial score (nSPS) is 16.9. The van der Waals surface area contributed by atoms with Crippen LogP contribution in [0.4, 0.5) is 0 Å². The number of carbonyl (C=O) groups is 2. The number of hydrogen-bond acceptors (Lipinski definition) is 4. The van der Waals surface area contributed by atoms with Crippen molar-refractivity contribution in [1.82, 2.24) is 15.1 Å². The first-order valence-electron chi connectivity index (χ1n) is 6.99. The molecule has 0 bridgehead atoms. The van der Waals surface area contributed by atoms with Gasteiger partial charge in [-0.2, -0.15) is 0 Å². The molecule has 1 aliphatic rings. The third kappa shape index (κ3) is 4.52. The summed E-state index contributed by atoms with van der Waals surface area (Å²) in [6.07, 6.45) is 0. The predicted molar refractivity (Wildman–Crippen MR) is 87.3 cm³/mol. The van der Waals surface area contributed by atoms with E-state index >= 15 is 0 Å². The molecule has 7 heteroatoms. The molecule has 116 valence electrons. The number of thiophene rings is 1. The maximum absolute atomic E-state index is 12.2. The minimum atomic E-state index is 0.0807. The second kappa shape index (κ2) is 7.38. The fourth-order valence-corrected chi connectivity index (χ4v) is 3.73. The average molecular weight is 374 g/mol. The Hall–Kier alpha value is -0.920. The van der Waals surface area contributed by atoms with Crippen LogP contribution in [0.5, 0.6) is 0 Å². The van der Waals surface area contributed by atoms with Crippen LogP contribution >= 0.6 is 27.3 Å². The number of carbonyl (C=O) groups excluding carboxylic acids is 2. The van der Waals surface area contributed by atoms with Gasteiger partial charge >= 0.3 is 0 Å². The zero-order valence-electron chi connectivity index (χ0n) is 12.3. The molecule has 0 spiro atoms. The maximum atomic E-state index is 12.2. The van der Waals surface area contributed by atoms with E-state index < -0.39 is 0 Å². The van der Waals surface area contributed by atoms with Gasteiger partial charge in [-0.1, -0.05) is 0 Å². The SMILES string of the molecule is CC(=O)N1CCN(C(=O)CN[C@@H](C)c2ccc(Br)s2)CC1. The van der Waals surface area contributed by atoms with Crippen LogP contribution in [-0.4, -0.2) is 54.3 Å². The quantitative estimate of drug-likeness (QED) is 0.875. The van der Waals surface area contributed by atoms with Gasteiger partial charge in [0.15, 0.2) is 0 Å². The monoisotopic (exact) mass is 373 g/mol. The summed E-state index contributed by atoms with van der Waals surface area (Å²) in [5, 5.41) is 3.26. The standard InChI is InChI=1S/C14H20BrN3O2S/c1-10(12-3-4-13(15)21-12)16-9-14(20)18-7-5-17(6-8-18)11(2)19/h3-4,10,16H,5-9H2,1-2H3/t10-/m0/s1. The van der Waals surface area contributed by atoms with E-state index in [-0.39, 0.29) is 17.9 Å². The van der Waals surface area contributed by atoms with Crippen LogP contribution in [0, 0.1) is 0 Å². The van der Waals surface area contributed by atoms with E-state index in [0.717, 1.165) is 3.79 Å². The Balaban J connectivity index is 1.76. The second-order valence-electron chi connectivity index (χ2n) is 5.13. The molecule has 1 fully saturated rings. The van der Waals surface area contributed by atoms with E-state index in [1.165, 1.54) is 4.88 Å². The number of piperazine rings is 1. The molecule has 1 aromatic heterocycles. The van der Waals surface area contributed by atoms with Crippen molar-refractivity contribution in [2.24, 2.45) is 0 Å². The van der Waals surface area contributed by atoms with Crippen LogP contribution in [-0.2, 0) is 9.59 Å². The highest BCUT2D eigenvalue weighted by molar-refractivity contribution is 9.11. The Labute approximate surface area is 137 Å². The third-order valence-corrected chi connectivity index (χ3v) is 5.46. The highest BCUT2D eigenvalue weighted by Crippen LogP contribution is 2.26. The zero-order chi connectivity index (χ0) is 15.4. The lowest BCUT2D eigenvalue weighted by Gasteiger charge is -2.34. The Morgan fingerprint density at radius 2 is 1.90 bits per heavy atom. The number of rotatable bonds is 4. The van der Waals surface area contributed by atoms with Crippen molar-refractivity contribution < 1.29 is 9.59 Å². The first kappa shape index (κ1) is 16.5. The summed E-state index contributed by atoms with van der Waals surface area (Å²) in [5.74, 6) is 0.179. The van der Waals surface area contributed by atoms with Gasteiger partial charge in [0.25, 0.3) is 0 Å². The highest BCUT2D eigenvalue weighted by Gasteiger charge is 2.22. The molecule has 21 heavy (non-hydrogen) atoms. The Morgan fingerprint density at radius 1 is 1.29 bits per heavy atom. The van der Waals surface area contributed by atoms with Crippen molar-refractivity contribution in [3.05, 3.63) is 20.8 Å². The third-order valence-electron chi connectivity index (χ3n) is 3.66. The topological polar surface area (TPSA) is 52.7 Å². The summed E-state index contributed by atoms with van der Waals surface area (Å²) in [4.78, 5) is 28.2. The number of halogens is 1. The lowest BCUT2D eigenvalue weighted by molar-refractivity contribution is -0.137. The van der Waals surface area contributed by atoms with Crippen LogP contribution in [0.25, 0.3) is 0 Å². The van der Waals surface area contributed by atoms with E-state index in [9.17, 15) is 9.59 Å².